The quantitative estimate of drug-likeness (QED) is 0.572. The summed E-state index contributed by atoms with van der Waals surface area (Å²) in [7, 11) is 1.56. The van der Waals surface area contributed by atoms with Crippen molar-refractivity contribution in [2.75, 3.05) is 45.3 Å². The minimum absolute atomic E-state index is 0.0956. The van der Waals surface area contributed by atoms with E-state index < -0.39 is 0 Å². The normalized spacial score (nSPS) is 13.5. The molecule has 0 bridgehead atoms. The molecular formula is C25H33N3O5. The number of likely N-dealkylation sites (N-methyl/N-ethyl adjacent to an activating group) is 1. The molecule has 0 unspecified atom stereocenters. The van der Waals surface area contributed by atoms with E-state index >= 15 is 0 Å². The molecule has 0 fully saturated rings. The highest BCUT2D eigenvalue weighted by Crippen LogP contribution is 2.34. The van der Waals surface area contributed by atoms with Gasteiger partial charge in [-0.1, -0.05) is 39.0 Å². The summed E-state index contributed by atoms with van der Waals surface area (Å²) in [5.74, 6) is 1.82. The third-order valence-electron chi connectivity index (χ3n) is 5.47. The van der Waals surface area contributed by atoms with Crippen LogP contribution in [0.3, 0.4) is 0 Å². The molecule has 1 aliphatic heterocycles. The molecule has 1 atom stereocenters. The summed E-state index contributed by atoms with van der Waals surface area (Å²) < 4.78 is 16.6. The van der Waals surface area contributed by atoms with Crippen LogP contribution in [0.4, 0.5) is 5.69 Å². The molecule has 2 amide bonds. The van der Waals surface area contributed by atoms with E-state index in [1.807, 2.05) is 37.3 Å². The van der Waals surface area contributed by atoms with Crippen LogP contribution in [0.2, 0.25) is 0 Å². The van der Waals surface area contributed by atoms with Gasteiger partial charge in [0.25, 0.3) is 0 Å². The van der Waals surface area contributed by atoms with Gasteiger partial charge in [-0.25, -0.2) is 0 Å². The van der Waals surface area contributed by atoms with Gasteiger partial charge in [0.15, 0.2) is 11.5 Å². The maximum Gasteiger partial charge on any atom is 0.238 e. The molecule has 1 heterocycles. The standard InChI is InChI=1S/C25H33N3O5/c1-5-28(15-23(29)26-19-8-6-7-9-20(19)31-4)16-24(30)27-25(17(2)3)18-10-11-21-22(14-18)33-13-12-32-21/h6-11,14,17,25H,5,12-13,15-16H2,1-4H3,(H,26,29)(H,27,30)/t25-/m1/s1. The molecule has 8 nitrogen and oxygen atoms in total. The summed E-state index contributed by atoms with van der Waals surface area (Å²) in [6.07, 6.45) is 0. The van der Waals surface area contributed by atoms with E-state index in [0.717, 1.165) is 11.3 Å². The lowest BCUT2D eigenvalue weighted by molar-refractivity contribution is -0.124. The number of ether oxygens (including phenoxy) is 3. The van der Waals surface area contributed by atoms with Gasteiger partial charge in [0.1, 0.15) is 19.0 Å². The van der Waals surface area contributed by atoms with Crippen LogP contribution in [0.25, 0.3) is 0 Å². The Morgan fingerprint density at radius 2 is 1.73 bits per heavy atom. The van der Waals surface area contributed by atoms with Gasteiger partial charge in [0, 0.05) is 0 Å². The van der Waals surface area contributed by atoms with Gasteiger partial charge in [-0.3, -0.25) is 14.5 Å². The van der Waals surface area contributed by atoms with Crippen molar-refractivity contribution in [3.05, 3.63) is 48.0 Å². The number of fused-ring (bicyclic) bond motifs is 1. The third-order valence-corrected chi connectivity index (χ3v) is 5.47. The number of rotatable bonds is 10. The van der Waals surface area contributed by atoms with Crippen molar-refractivity contribution >= 4 is 17.5 Å². The maximum atomic E-state index is 12.9. The highest BCUT2D eigenvalue weighted by Gasteiger charge is 2.23. The highest BCUT2D eigenvalue weighted by molar-refractivity contribution is 5.94. The number of nitrogens with one attached hydrogen (secondary N) is 2. The van der Waals surface area contributed by atoms with Crippen molar-refractivity contribution in [1.29, 1.82) is 0 Å². The monoisotopic (exact) mass is 455 g/mol. The molecule has 0 saturated carbocycles. The fourth-order valence-corrected chi connectivity index (χ4v) is 3.73. The smallest absolute Gasteiger partial charge is 0.238 e. The van der Waals surface area contributed by atoms with Crippen molar-refractivity contribution in [1.82, 2.24) is 10.2 Å². The zero-order valence-corrected chi connectivity index (χ0v) is 19.7. The molecule has 1 aliphatic rings. The van der Waals surface area contributed by atoms with Gasteiger partial charge < -0.3 is 24.8 Å². The van der Waals surface area contributed by atoms with E-state index in [9.17, 15) is 9.59 Å². The Kier molecular flexibility index (Phi) is 8.54. The lowest BCUT2D eigenvalue weighted by Crippen LogP contribution is -2.43. The van der Waals surface area contributed by atoms with Crippen LogP contribution in [-0.2, 0) is 9.59 Å². The topological polar surface area (TPSA) is 89.1 Å². The van der Waals surface area contributed by atoms with E-state index in [-0.39, 0.29) is 36.9 Å². The fourth-order valence-electron chi connectivity index (χ4n) is 3.73. The van der Waals surface area contributed by atoms with Crippen molar-refractivity contribution in [3.8, 4) is 17.2 Å². The largest absolute Gasteiger partial charge is 0.495 e. The summed E-state index contributed by atoms with van der Waals surface area (Å²) in [5.41, 5.74) is 1.56. The van der Waals surface area contributed by atoms with Crippen LogP contribution in [0, 0.1) is 5.92 Å². The first-order chi connectivity index (χ1) is 15.9. The summed E-state index contributed by atoms with van der Waals surface area (Å²) in [4.78, 5) is 27.2. The second kappa shape index (κ2) is 11.6. The summed E-state index contributed by atoms with van der Waals surface area (Å²) in [6.45, 7) is 7.85. The number of hydrogen-bond donors (Lipinski definition) is 2. The second-order valence-electron chi connectivity index (χ2n) is 8.24. The number of methoxy groups -OCH3 is 1. The Bertz CT molecular complexity index is 963. The number of carbonyl (C=O) groups is 2. The Balaban J connectivity index is 1.60. The number of para-hydroxylation sites is 2. The molecular weight excluding hydrogens is 422 g/mol. The predicted molar refractivity (Wildman–Crippen MR) is 127 cm³/mol. The Hall–Kier alpha value is -3.26. The summed E-state index contributed by atoms with van der Waals surface area (Å²) in [5, 5.41) is 5.97. The van der Waals surface area contributed by atoms with Crippen molar-refractivity contribution in [2.45, 2.75) is 26.8 Å². The van der Waals surface area contributed by atoms with Crippen molar-refractivity contribution in [2.24, 2.45) is 5.92 Å². The zero-order chi connectivity index (χ0) is 23.8. The number of carbonyl (C=O) groups excluding carboxylic acids is 2. The van der Waals surface area contributed by atoms with Gasteiger partial charge >= 0.3 is 0 Å². The first kappa shape index (κ1) is 24.4. The molecule has 178 valence electrons. The lowest BCUT2D eigenvalue weighted by atomic mass is 9.95. The number of hydrogen-bond acceptors (Lipinski definition) is 6. The molecule has 0 radical (unpaired) electrons. The van der Waals surface area contributed by atoms with Crippen molar-refractivity contribution < 1.29 is 23.8 Å². The average molecular weight is 456 g/mol. The van der Waals surface area contributed by atoms with Crippen LogP contribution in [0.5, 0.6) is 17.2 Å². The minimum Gasteiger partial charge on any atom is -0.495 e. The van der Waals surface area contributed by atoms with Crippen LogP contribution in [-0.4, -0.2) is 56.7 Å². The third kappa shape index (κ3) is 6.61. The van der Waals surface area contributed by atoms with Gasteiger partial charge in [0.05, 0.1) is 31.9 Å². The fraction of sp³-hybridized carbons (Fsp3) is 0.440. The van der Waals surface area contributed by atoms with Crippen molar-refractivity contribution in [3.63, 3.8) is 0 Å². The molecule has 8 heteroatoms. The molecule has 0 aromatic heterocycles. The predicted octanol–water partition coefficient (Wildman–Crippen LogP) is 3.24. The number of amides is 2. The van der Waals surface area contributed by atoms with Gasteiger partial charge in [-0.15, -0.1) is 0 Å². The SMILES string of the molecule is CCN(CC(=O)Nc1ccccc1OC)CC(=O)N[C@@H](c1ccc2c(c1)OCCO2)C(C)C. The molecule has 2 aromatic rings. The van der Waals surface area contributed by atoms with E-state index in [4.69, 9.17) is 14.2 Å². The molecule has 0 spiro atoms. The Morgan fingerprint density at radius 1 is 1.03 bits per heavy atom. The molecule has 0 aliphatic carbocycles. The van der Waals surface area contributed by atoms with E-state index in [2.05, 4.69) is 24.5 Å². The molecule has 2 aromatic carbocycles. The van der Waals surface area contributed by atoms with Crippen LogP contribution in [0.1, 0.15) is 32.4 Å². The second-order valence-corrected chi connectivity index (χ2v) is 8.24. The molecule has 0 saturated heterocycles. The number of anilines is 1. The van der Waals surface area contributed by atoms with Crippen LogP contribution >= 0.6 is 0 Å². The van der Waals surface area contributed by atoms with Crippen LogP contribution in [0.15, 0.2) is 42.5 Å². The Labute approximate surface area is 195 Å². The summed E-state index contributed by atoms with van der Waals surface area (Å²) >= 11 is 0. The molecule has 33 heavy (non-hydrogen) atoms. The summed E-state index contributed by atoms with van der Waals surface area (Å²) in [6, 6.07) is 12.8. The van der Waals surface area contributed by atoms with Gasteiger partial charge in [-0.05, 0) is 42.3 Å². The van der Waals surface area contributed by atoms with E-state index in [0.29, 0.717) is 36.9 Å². The number of benzene rings is 2. The van der Waals surface area contributed by atoms with Crippen LogP contribution < -0.4 is 24.8 Å². The first-order valence-corrected chi connectivity index (χ1v) is 11.2. The van der Waals surface area contributed by atoms with Gasteiger partial charge in [0.2, 0.25) is 11.8 Å². The lowest BCUT2D eigenvalue weighted by Gasteiger charge is -2.27. The highest BCUT2D eigenvalue weighted by atomic mass is 16.6. The average Bonchev–Trinajstić information content (AvgIpc) is 2.82. The number of nitrogens with zero attached hydrogens (tertiary/aromatic N) is 1. The minimum atomic E-state index is -0.207. The van der Waals surface area contributed by atoms with Gasteiger partial charge in [-0.2, -0.15) is 0 Å². The molecule has 3 rings (SSSR count). The Morgan fingerprint density at radius 3 is 2.42 bits per heavy atom. The van der Waals surface area contributed by atoms with E-state index in [1.165, 1.54) is 0 Å². The maximum absolute atomic E-state index is 12.9. The molecule has 2 N–H and O–H groups in total. The first-order valence-electron chi connectivity index (χ1n) is 11.2. The zero-order valence-electron chi connectivity index (χ0n) is 19.7. The van der Waals surface area contributed by atoms with E-state index in [1.54, 1.807) is 24.1 Å².